The van der Waals surface area contributed by atoms with Crippen LogP contribution in [0, 0.1) is 0 Å². The largest absolute Gasteiger partial charge is 0.324 e. The Morgan fingerprint density at radius 2 is 1.48 bits per heavy atom. The minimum atomic E-state index is 0.0741. The number of imidazole rings is 1. The summed E-state index contributed by atoms with van der Waals surface area (Å²) in [7, 11) is 4.28. The maximum absolute atomic E-state index is 2.49. The minimum absolute atomic E-state index is 0.0741. The van der Waals surface area contributed by atoms with Gasteiger partial charge < -0.3 is 13.9 Å². The predicted molar refractivity (Wildman–Crippen MR) is 116 cm³/mol. The molecule has 3 nitrogen and oxygen atoms in total. The van der Waals surface area contributed by atoms with Crippen molar-refractivity contribution in [3.05, 3.63) is 66.4 Å². The standard InChI is InChI=1S/C24H29N3/c1-24(2,3)19-17-27-21-14-10-9-13-20(21)26(16-15-25(4)5)23(27)22(19)18-11-7-6-8-12-18/h6-14,17H,15-16H2,1-5H3. The Morgan fingerprint density at radius 3 is 2.11 bits per heavy atom. The van der Waals surface area contributed by atoms with E-state index in [1.165, 1.54) is 33.4 Å². The number of hydrogen-bond acceptors (Lipinski definition) is 1. The van der Waals surface area contributed by atoms with E-state index in [4.69, 9.17) is 0 Å². The molecule has 0 unspecified atom stereocenters. The highest BCUT2D eigenvalue weighted by Gasteiger charge is 2.26. The van der Waals surface area contributed by atoms with Gasteiger partial charge in [0.15, 0.2) is 0 Å². The third-order valence-corrected chi connectivity index (χ3v) is 5.31. The van der Waals surface area contributed by atoms with Crippen LogP contribution in [-0.2, 0) is 12.0 Å². The van der Waals surface area contributed by atoms with Crippen LogP contribution >= 0.6 is 0 Å². The Hall–Kier alpha value is -2.52. The molecule has 0 aliphatic heterocycles. The topological polar surface area (TPSA) is 12.6 Å². The maximum atomic E-state index is 2.49. The number of para-hydroxylation sites is 2. The fourth-order valence-corrected chi connectivity index (χ4v) is 3.94. The predicted octanol–water partition coefficient (Wildman–Crippen LogP) is 5.42. The highest BCUT2D eigenvalue weighted by atomic mass is 15.2. The lowest BCUT2D eigenvalue weighted by Crippen LogP contribution is -2.18. The van der Waals surface area contributed by atoms with Crippen LogP contribution < -0.4 is 0 Å². The van der Waals surface area contributed by atoms with Crippen molar-refractivity contribution in [2.24, 2.45) is 0 Å². The lowest BCUT2D eigenvalue weighted by atomic mass is 9.84. The summed E-state index contributed by atoms with van der Waals surface area (Å²) in [4.78, 5) is 2.25. The number of hydrogen-bond donors (Lipinski definition) is 0. The van der Waals surface area contributed by atoms with Crippen LogP contribution in [0.2, 0.25) is 0 Å². The number of rotatable bonds is 4. The van der Waals surface area contributed by atoms with Gasteiger partial charge in [0.2, 0.25) is 0 Å². The van der Waals surface area contributed by atoms with Crippen LogP contribution in [0.3, 0.4) is 0 Å². The molecule has 3 heteroatoms. The number of likely N-dealkylation sites (N-methyl/N-ethyl adjacent to an activating group) is 1. The van der Waals surface area contributed by atoms with Gasteiger partial charge in [0.1, 0.15) is 5.65 Å². The normalized spacial score (nSPS) is 12.5. The van der Waals surface area contributed by atoms with Gasteiger partial charge >= 0.3 is 0 Å². The van der Waals surface area contributed by atoms with Crippen LogP contribution in [0.15, 0.2) is 60.8 Å². The molecular weight excluding hydrogens is 330 g/mol. The molecule has 0 bridgehead atoms. The maximum Gasteiger partial charge on any atom is 0.126 e. The van der Waals surface area contributed by atoms with Gasteiger partial charge in [-0.05, 0) is 42.8 Å². The molecule has 0 atom stereocenters. The zero-order chi connectivity index (χ0) is 19.2. The molecule has 0 aliphatic carbocycles. The lowest BCUT2D eigenvalue weighted by molar-refractivity contribution is 0.389. The molecule has 2 aromatic carbocycles. The van der Waals surface area contributed by atoms with Crippen molar-refractivity contribution in [2.75, 3.05) is 20.6 Å². The fourth-order valence-electron chi connectivity index (χ4n) is 3.94. The van der Waals surface area contributed by atoms with Crippen molar-refractivity contribution in [2.45, 2.75) is 32.7 Å². The molecule has 0 spiro atoms. The molecule has 0 saturated heterocycles. The molecule has 2 heterocycles. The van der Waals surface area contributed by atoms with E-state index in [1.807, 2.05) is 0 Å². The first-order valence-electron chi connectivity index (χ1n) is 9.71. The molecule has 140 valence electrons. The Labute approximate surface area is 161 Å². The highest BCUT2D eigenvalue weighted by Crippen LogP contribution is 2.40. The molecule has 0 fully saturated rings. The van der Waals surface area contributed by atoms with E-state index in [0.29, 0.717) is 0 Å². The third kappa shape index (κ3) is 3.06. The summed E-state index contributed by atoms with van der Waals surface area (Å²) in [5.74, 6) is 0. The first-order valence-corrected chi connectivity index (χ1v) is 9.71. The van der Waals surface area contributed by atoms with Crippen molar-refractivity contribution in [1.82, 2.24) is 13.9 Å². The first kappa shape index (κ1) is 17.9. The van der Waals surface area contributed by atoms with Crippen LogP contribution in [0.4, 0.5) is 0 Å². The molecule has 0 amide bonds. The summed E-state index contributed by atoms with van der Waals surface area (Å²) in [6.07, 6.45) is 2.35. The van der Waals surface area contributed by atoms with Gasteiger partial charge in [-0.2, -0.15) is 0 Å². The van der Waals surface area contributed by atoms with Gasteiger partial charge in [-0.1, -0.05) is 63.2 Å². The Balaban J connectivity index is 2.11. The van der Waals surface area contributed by atoms with Crippen molar-refractivity contribution < 1.29 is 0 Å². The molecule has 0 saturated carbocycles. The Kier molecular flexibility index (Phi) is 4.35. The Morgan fingerprint density at radius 1 is 0.852 bits per heavy atom. The van der Waals surface area contributed by atoms with E-state index in [2.05, 4.69) is 110 Å². The van der Waals surface area contributed by atoms with E-state index in [0.717, 1.165) is 13.1 Å². The fraction of sp³-hybridized carbons (Fsp3) is 0.333. The van der Waals surface area contributed by atoms with Crippen LogP contribution in [0.1, 0.15) is 26.3 Å². The van der Waals surface area contributed by atoms with E-state index in [9.17, 15) is 0 Å². The summed E-state index contributed by atoms with van der Waals surface area (Å²) >= 11 is 0. The second kappa shape index (κ2) is 6.58. The van der Waals surface area contributed by atoms with Gasteiger partial charge in [-0.25, -0.2) is 0 Å². The monoisotopic (exact) mass is 359 g/mol. The zero-order valence-corrected chi connectivity index (χ0v) is 17.0. The van der Waals surface area contributed by atoms with Crippen LogP contribution in [0.25, 0.3) is 27.8 Å². The zero-order valence-electron chi connectivity index (χ0n) is 17.0. The van der Waals surface area contributed by atoms with Crippen molar-refractivity contribution in [3.8, 4) is 11.1 Å². The molecule has 0 aliphatic rings. The van der Waals surface area contributed by atoms with Gasteiger partial charge in [0, 0.05) is 24.8 Å². The van der Waals surface area contributed by atoms with E-state index < -0.39 is 0 Å². The summed E-state index contributed by atoms with van der Waals surface area (Å²) < 4.78 is 4.89. The number of benzene rings is 2. The summed E-state index contributed by atoms with van der Waals surface area (Å²) in [6, 6.07) is 19.6. The van der Waals surface area contributed by atoms with Crippen LogP contribution in [0.5, 0.6) is 0 Å². The molecular formula is C24H29N3. The molecule has 4 aromatic rings. The number of fused-ring (bicyclic) bond motifs is 3. The minimum Gasteiger partial charge on any atom is -0.324 e. The van der Waals surface area contributed by atoms with E-state index >= 15 is 0 Å². The smallest absolute Gasteiger partial charge is 0.126 e. The molecule has 0 N–H and O–H groups in total. The molecule has 0 radical (unpaired) electrons. The van der Waals surface area contributed by atoms with E-state index in [1.54, 1.807) is 0 Å². The van der Waals surface area contributed by atoms with Gasteiger partial charge in [-0.15, -0.1) is 0 Å². The van der Waals surface area contributed by atoms with Gasteiger partial charge in [0.25, 0.3) is 0 Å². The van der Waals surface area contributed by atoms with E-state index in [-0.39, 0.29) is 5.41 Å². The Bertz CT molecular complexity index is 1080. The number of nitrogens with zero attached hydrogens (tertiary/aromatic N) is 3. The molecule has 2 aromatic heterocycles. The summed E-state index contributed by atoms with van der Waals surface area (Å²) in [5.41, 5.74) is 8.00. The SMILES string of the molecule is CN(C)CCn1c2ccccc2n2cc(C(C)(C)C)c(-c3ccccc3)c12. The molecule has 4 rings (SSSR count). The lowest BCUT2D eigenvalue weighted by Gasteiger charge is -2.20. The first-order chi connectivity index (χ1) is 12.9. The average Bonchev–Trinajstić information content (AvgIpc) is 3.16. The average molecular weight is 360 g/mol. The summed E-state index contributed by atoms with van der Waals surface area (Å²) in [5, 5.41) is 0. The van der Waals surface area contributed by atoms with Crippen molar-refractivity contribution in [1.29, 1.82) is 0 Å². The second-order valence-corrected chi connectivity index (χ2v) is 8.67. The molecule has 27 heavy (non-hydrogen) atoms. The number of aromatic nitrogens is 2. The van der Waals surface area contributed by atoms with Gasteiger partial charge in [-0.3, -0.25) is 0 Å². The van der Waals surface area contributed by atoms with Crippen LogP contribution in [-0.4, -0.2) is 34.5 Å². The van der Waals surface area contributed by atoms with Gasteiger partial charge in [0.05, 0.1) is 11.0 Å². The second-order valence-electron chi connectivity index (χ2n) is 8.67. The third-order valence-electron chi connectivity index (χ3n) is 5.31. The quantitative estimate of drug-likeness (QED) is 0.474. The van der Waals surface area contributed by atoms with Crippen molar-refractivity contribution >= 4 is 16.7 Å². The summed E-state index contributed by atoms with van der Waals surface area (Å²) in [6.45, 7) is 8.90. The highest BCUT2D eigenvalue weighted by molar-refractivity contribution is 5.92. The van der Waals surface area contributed by atoms with Crippen molar-refractivity contribution in [3.63, 3.8) is 0 Å².